The van der Waals surface area contributed by atoms with Gasteiger partial charge in [0, 0.05) is 31.1 Å². The van der Waals surface area contributed by atoms with Crippen LogP contribution in [0.1, 0.15) is 25.8 Å². The summed E-state index contributed by atoms with van der Waals surface area (Å²) < 4.78 is 7.18. The van der Waals surface area contributed by atoms with Gasteiger partial charge in [-0.3, -0.25) is 14.3 Å². The molecule has 2 heterocycles. The molecule has 0 unspecified atom stereocenters. The number of pyridine rings is 1. The number of hydrogen-bond donors (Lipinski definition) is 1. The van der Waals surface area contributed by atoms with E-state index in [-0.39, 0.29) is 11.7 Å². The number of nitrogens with zero attached hydrogens (tertiary/aromatic N) is 4. The molecule has 7 nitrogen and oxygen atoms in total. The summed E-state index contributed by atoms with van der Waals surface area (Å²) in [5, 5.41) is 4.80. The molecule has 0 saturated heterocycles. The molecular formula is C20H23N5O2. The Morgan fingerprint density at radius 1 is 1.26 bits per heavy atom. The van der Waals surface area contributed by atoms with E-state index < -0.39 is 0 Å². The molecule has 0 radical (unpaired) electrons. The Kier molecular flexibility index (Phi) is 6.27. The number of fused-ring (bicyclic) bond motifs is 1. The van der Waals surface area contributed by atoms with Gasteiger partial charge in [-0.05, 0) is 38.5 Å². The zero-order chi connectivity index (χ0) is 19.1. The average molecular weight is 365 g/mol. The molecule has 140 valence electrons. The third-order valence-corrected chi connectivity index (χ3v) is 3.90. The highest BCUT2D eigenvalue weighted by molar-refractivity contribution is 5.80. The van der Waals surface area contributed by atoms with E-state index in [2.05, 4.69) is 20.5 Å². The largest absolute Gasteiger partial charge is 0.379 e. The molecule has 0 bridgehead atoms. The molecule has 0 aliphatic carbocycles. The summed E-state index contributed by atoms with van der Waals surface area (Å²) in [6, 6.07) is 11.0. The van der Waals surface area contributed by atoms with Crippen LogP contribution in [0.5, 0.6) is 0 Å². The molecule has 1 N–H and O–H groups in total. The number of para-hydroxylation sites is 1. The van der Waals surface area contributed by atoms with Crippen molar-refractivity contribution in [2.24, 2.45) is 5.10 Å². The van der Waals surface area contributed by atoms with E-state index >= 15 is 0 Å². The maximum absolute atomic E-state index is 12.9. The lowest BCUT2D eigenvalue weighted by Gasteiger charge is -2.13. The van der Waals surface area contributed by atoms with E-state index in [0.29, 0.717) is 36.4 Å². The van der Waals surface area contributed by atoms with Crippen LogP contribution in [0.15, 0.2) is 58.7 Å². The molecule has 3 rings (SSSR count). The summed E-state index contributed by atoms with van der Waals surface area (Å²) in [7, 11) is 0. The van der Waals surface area contributed by atoms with Gasteiger partial charge >= 0.3 is 0 Å². The monoisotopic (exact) mass is 365 g/mol. The topological polar surface area (TPSA) is 81.4 Å². The minimum atomic E-state index is -0.0933. The van der Waals surface area contributed by atoms with Crippen LogP contribution < -0.4 is 11.0 Å². The molecule has 3 aromatic rings. The smallest absolute Gasteiger partial charge is 0.262 e. The number of hydrogen-bond acceptors (Lipinski definition) is 6. The predicted octanol–water partition coefficient (Wildman–Crippen LogP) is 3.05. The summed E-state index contributed by atoms with van der Waals surface area (Å²) in [4.78, 5) is 21.5. The van der Waals surface area contributed by atoms with E-state index in [9.17, 15) is 4.79 Å². The number of nitrogens with one attached hydrogen (secondary N) is 1. The fourth-order valence-electron chi connectivity index (χ4n) is 2.62. The Morgan fingerprint density at radius 2 is 2.11 bits per heavy atom. The van der Waals surface area contributed by atoms with Crippen LogP contribution in [0.2, 0.25) is 0 Å². The molecule has 1 aromatic carbocycles. The standard InChI is InChI=1S/C20H23N5O2/c1-15(2)27-12-6-11-25-19(26)17-8-3-4-9-18(17)23-20(25)24-22-14-16-7-5-10-21-13-16/h3-5,7-10,13-15H,6,11-12H2,1-2H3,(H,23,24)/b22-14-. The number of rotatable bonds is 8. The Balaban J connectivity index is 1.85. The van der Waals surface area contributed by atoms with Crippen LogP contribution in [0, 0.1) is 0 Å². The maximum atomic E-state index is 12.9. The van der Waals surface area contributed by atoms with Crippen molar-refractivity contribution in [2.75, 3.05) is 12.0 Å². The summed E-state index contributed by atoms with van der Waals surface area (Å²) in [6.07, 6.45) is 5.92. The molecule has 2 aromatic heterocycles. The van der Waals surface area contributed by atoms with Gasteiger partial charge in [-0.25, -0.2) is 10.4 Å². The second-order valence-corrected chi connectivity index (χ2v) is 6.34. The lowest BCUT2D eigenvalue weighted by molar-refractivity contribution is 0.0748. The highest BCUT2D eigenvalue weighted by atomic mass is 16.5. The highest BCUT2D eigenvalue weighted by Crippen LogP contribution is 2.12. The molecule has 0 saturated carbocycles. The second-order valence-electron chi connectivity index (χ2n) is 6.34. The van der Waals surface area contributed by atoms with Crippen molar-refractivity contribution >= 4 is 23.1 Å². The maximum Gasteiger partial charge on any atom is 0.262 e. The fourth-order valence-corrected chi connectivity index (χ4v) is 2.62. The molecule has 7 heteroatoms. The average Bonchev–Trinajstić information content (AvgIpc) is 2.68. The predicted molar refractivity (Wildman–Crippen MR) is 107 cm³/mol. The SMILES string of the molecule is CC(C)OCCCn1c(N/N=C\c2cccnc2)nc2ccccc2c1=O. The lowest BCUT2D eigenvalue weighted by Crippen LogP contribution is -2.25. The van der Waals surface area contributed by atoms with E-state index in [1.165, 1.54) is 0 Å². The Hall–Kier alpha value is -3.06. The third-order valence-electron chi connectivity index (χ3n) is 3.90. The summed E-state index contributed by atoms with van der Waals surface area (Å²) in [5.74, 6) is 0.406. The van der Waals surface area contributed by atoms with E-state index in [1.807, 2.05) is 44.2 Å². The minimum Gasteiger partial charge on any atom is -0.379 e. The molecule has 0 aliphatic rings. The lowest BCUT2D eigenvalue weighted by atomic mass is 10.2. The molecule has 0 atom stereocenters. The van der Waals surface area contributed by atoms with Crippen molar-refractivity contribution in [1.82, 2.24) is 14.5 Å². The quantitative estimate of drug-likeness (QED) is 0.377. The van der Waals surface area contributed by atoms with E-state index in [4.69, 9.17) is 4.74 Å². The Bertz CT molecular complexity index is 967. The number of benzene rings is 1. The first-order valence-electron chi connectivity index (χ1n) is 8.95. The van der Waals surface area contributed by atoms with Gasteiger partial charge in [-0.2, -0.15) is 5.10 Å². The van der Waals surface area contributed by atoms with Crippen LogP contribution in [-0.2, 0) is 11.3 Å². The number of ether oxygens (including phenoxy) is 1. The fraction of sp³-hybridized carbons (Fsp3) is 0.300. The van der Waals surface area contributed by atoms with Crippen molar-refractivity contribution in [3.63, 3.8) is 0 Å². The van der Waals surface area contributed by atoms with Gasteiger partial charge in [0.2, 0.25) is 5.95 Å². The van der Waals surface area contributed by atoms with Crippen LogP contribution in [-0.4, -0.2) is 33.5 Å². The normalized spacial score (nSPS) is 11.5. The molecule has 0 fully saturated rings. The van der Waals surface area contributed by atoms with Gasteiger partial charge in [0.05, 0.1) is 23.2 Å². The van der Waals surface area contributed by atoms with Crippen molar-refractivity contribution in [3.05, 3.63) is 64.7 Å². The zero-order valence-electron chi connectivity index (χ0n) is 15.5. The molecule has 0 amide bonds. The van der Waals surface area contributed by atoms with Gasteiger partial charge < -0.3 is 4.74 Å². The highest BCUT2D eigenvalue weighted by Gasteiger charge is 2.10. The van der Waals surface area contributed by atoms with Crippen LogP contribution in [0.3, 0.4) is 0 Å². The summed E-state index contributed by atoms with van der Waals surface area (Å²) >= 11 is 0. The van der Waals surface area contributed by atoms with Crippen LogP contribution in [0.25, 0.3) is 10.9 Å². The van der Waals surface area contributed by atoms with Gasteiger partial charge in [0.15, 0.2) is 0 Å². The first-order valence-corrected chi connectivity index (χ1v) is 8.95. The number of hydrazone groups is 1. The Morgan fingerprint density at radius 3 is 2.89 bits per heavy atom. The summed E-state index contributed by atoms with van der Waals surface area (Å²) in [5.41, 5.74) is 4.29. The van der Waals surface area contributed by atoms with Crippen LogP contribution >= 0.6 is 0 Å². The van der Waals surface area contributed by atoms with Gasteiger partial charge in [0.1, 0.15) is 0 Å². The van der Waals surface area contributed by atoms with Crippen molar-refractivity contribution in [2.45, 2.75) is 32.9 Å². The van der Waals surface area contributed by atoms with Gasteiger partial charge in [0.25, 0.3) is 5.56 Å². The minimum absolute atomic E-state index is 0.0933. The summed E-state index contributed by atoms with van der Waals surface area (Å²) in [6.45, 7) is 5.05. The van der Waals surface area contributed by atoms with E-state index in [0.717, 1.165) is 5.56 Å². The van der Waals surface area contributed by atoms with Crippen LogP contribution in [0.4, 0.5) is 5.95 Å². The first-order chi connectivity index (χ1) is 13.1. The zero-order valence-corrected chi connectivity index (χ0v) is 15.5. The first kappa shape index (κ1) is 18.7. The second kappa shape index (κ2) is 9.05. The Labute approximate surface area is 157 Å². The van der Waals surface area contributed by atoms with Crippen molar-refractivity contribution in [3.8, 4) is 0 Å². The number of aromatic nitrogens is 3. The molecular weight excluding hydrogens is 342 g/mol. The van der Waals surface area contributed by atoms with Gasteiger partial charge in [-0.1, -0.05) is 18.2 Å². The molecule has 0 spiro atoms. The van der Waals surface area contributed by atoms with Gasteiger partial charge in [-0.15, -0.1) is 0 Å². The third kappa shape index (κ3) is 4.98. The molecule has 27 heavy (non-hydrogen) atoms. The molecule has 0 aliphatic heterocycles. The van der Waals surface area contributed by atoms with E-state index in [1.54, 1.807) is 29.2 Å². The van der Waals surface area contributed by atoms with Crippen molar-refractivity contribution in [1.29, 1.82) is 0 Å². The van der Waals surface area contributed by atoms with Crippen molar-refractivity contribution < 1.29 is 4.74 Å². The number of anilines is 1.